The highest BCUT2D eigenvalue weighted by atomic mass is 16.5. The van der Waals surface area contributed by atoms with Crippen LogP contribution in [0.2, 0.25) is 0 Å². The summed E-state index contributed by atoms with van der Waals surface area (Å²) in [6, 6.07) is 6.80. The Morgan fingerprint density at radius 3 is 2.54 bits per heavy atom. The average molecular weight is 485 g/mol. The standard InChI is InChI=1S/C26H36N4O5/c1-6-12-30-21(16-28-13-14-29(19(4)15-28)22(31)17-34-5)23(25(32)35-7-2)24(27-26(30)33)20-10-8-18(3)9-11-20/h6,8-11,19,24H,1,7,12-17H2,2-5H3,(H,27,33). The lowest BCUT2D eigenvalue weighted by Gasteiger charge is -2.42. The van der Waals surface area contributed by atoms with Gasteiger partial charge < -0.3 is 19.7 Å². The van der Waals surface area contributed by atoms with Crippen molar-refractivity contribution in [2.75, 3.05) is 53.0 Å². The molecule has 2 aliphatic rings. The molecule has 1 N–H and O–H groups in total. The third-order valence-corrected chi connectivity index (χ3v) is 6.33. The van der Waals surface area contributed by atoms with E-state index in [2.05, 4.69) is 16.8 Å². The number of aryl methyl sites for hydroxylation is 1. The first-order valence-electron chi connectivity index (χ1n) is 12.0. The molecule has 0 saturated carbocycles. The van der Waals surface area contributed by atoms with Crippen molar-refractivity contribution in [2.24, 2.45) is 0 Å². The molecular weight excluding hydrogens is 448 g/mol. The molecule has 2 heterocycles. The van der Waals surface area contributed by atoms with E-state index in [0.717, 1.165) is 11.1 Å². The number of nitrogens with zero attached hydrogens (tertiary/aromatic N) is 3. The van der Waals surface area contributed by atoms with Gasteiger partial charge in [-0.05, 0) is 26.3 Å². The van der Waals surface area contributed by atoms with Gasteiger partial charge in [0.25, 0.3) is 0 Å². The molecule has 1 aromatic carbocycles. The summed E-state index contributed by atoms with van der Waals surface area (Å²) in [6.45, 7) is 12.2. The highest BCUT2D eigenvalue weighted by Gasteiger charge is 2.39. The first kappa shape index (κ1) is 26.4. The number of hydrogen-bond acceptors (Lipinski definition) is 6. The number of nitrogens with one attached hydrogen (secondary N) is 1. The Hall–Kier alpha value is -3.17. The highest BCUT2D eigenvalue weighted by Crippen LogP contribution is 2.32. The van der Waals surface area contributed by atoms with Crippen LogP contribution in [0.15, 0.2) is 48.2 Å². The fourth-order valence-electron chi connectivity index (χ4n) is 4.62. The second kappa shape index (κ2) is 12.0. The number of urea groups is 1. The molecule has 2 aliphatic heterocycles. The number of benzene rings is 1. The molecule has 0 radical (unpaired) electrons. The predicted molar refractivity (Wildman–Crippen MR) is 133 cm³/mol. The molecule has 0 bridgehead atoms. The van der Waals surface area contributed by atoms with Crippen molar-refractivity contribution < 1.29 is 23.9 Å². The first-order chi connectivity index (χ1) is 16.8. The Morgan fingerprint density at radius 1 is 1.23 bits per heavy atom. The van der Waals surface area contributed by atoms with Gasteiger partial charge in [-0.25, -0.2) is 9.59 Å². The minimum absolute atomic E-state index is 0.0313. The molecule has 9 heteroatoms. The molecule has 3 rings (SSSR count). The largest absolute Gasteiger partial charge is 0.463 e. The second-order valence-corrected chi connectivity index (χ2v) is 8.88. The molecule has 1 fully saturated rings. The fraction of sp³-hybridized carbons (Fsp3) is 0.500. The van der Waals surface area contributed by atoms with Crippen LogP contribution in [-0.4, -0.2) is 91.7 Å². The monoisotopic (exact) mass is 484 g/mol. The van der Waals surface area contributed by atoms with Crippen LogP contribution in [0.5, 0.6) is 0 Å². The number of piperazine rings is 1. The molecule has 2 atom stereocenters. The summed E-state index contributed by atoms with van der Waals surface area (Å²) in [4.78, 5) is 44.3. The first-order valence-corrected chi connectivity index (χ1v) is 12.0. The summed E-state index contributed by atoms with van der Waals surface area (Å²) in [7, 11) is 1.51. The van der Waals surface area contributed by atoms with Crippen molar-refractivity contribution in [2.45, 2.75) is 32.9 Å². The van der Waals surface area contributed by atoms with E-state index in [9.17, 15) is 14.4 Å². The number of esters is 1. The Kier molecular flexibility index (Phi) is 9.06. The molecule has 1 aromatic rings. The maximum Gasteiger partial charge on any atom is 0.338 e. The normalized spacial score (nSPS) is 21.1. The molecule has 190 valence electrons. The van der Waals surface area contributed by atoms with Crippen LogP contribution in [0.1, 0.15) is 31.0 Å². The van der Waals surface area contributed by atoms with Crippen molar-refractivity contribution in [1.29, 1.82) is 0 Å². The molecule has 9 nitrogen and oxygen atoms in total. The van der Waals surface area contributed by atoms with E-state index >= 15 is 0 Å². The molecule has 0 aliphatic carbocycles. The fourth-order valence-corrected chi connectivity index (χ4v) is 4.62. The van der Waals surface area contributed by atoms with Gasteiger partial charge in [-0.15, -0.1) is 6.58 Å². The third-order valence-electron chi connectivity index (χ3n) is 6.33. The summed E-state index contributed by atoms with van der Waals surface area (Å²) >= 11 is 0. The number of amides is 3. The van der Waals surface area contributed by atoms with Gasteiger partial charge in [-0.2, -0.15) is 0 Å². The van der Waals surface area contributed by atoms with Crippen molar-refractivity contribution in [3.63, 3.8) is 0 Å². The lowest BCUT2D eigenvalue weighted by Crippen LogP contribution is -2.57. The van der Waals surface area contributed by atoms with Crippen LogP contribution in [0.25, 0.3) is 0 Å². The lowest BCUT2D eigenvalue weighted by molar-refractivity contribution is -0.139. The number of carbonyl (C=O) groups excluding carboxylic acids is 3. The summed E-state index contributed by atoms with van der Waals surface area (Å²) in [5, 5.41) is 2.98. The topological polar surface area (TPSA) is 91.4 Å². The number of hydrogen-bond donors (Lipinski definition) is 1. The Balaban J connectivity index is 1.98. The molecule has 3 amide bonds. The minimum atomic E-state index is -0.625. The SMILES string of the molecule is C=CCN1C(=O)NC(c2ccc(C)cc2)C(C(=O)OCC)=C1CN1CCN(C(=O)COC)C(C)C1. The van der Waals surface area contributed by atoms with E-state index < -0.39 is 12.0 Å². The lowest BCUT2D eigenvalue weighted by atomic mass is 9.93. The quantitative estimate of drug-likeness (QED) is 0.427. The number of carbonyl (C=O) groups is 3. The van der Waals surface area contributed by atoms with Crippen LogP contribution in [0.4, 0.5) is 4.79 Å². The van der Waals surface area contributed by atoms with Crippen molar-refractivity contribution in [3.8, 4) is 0 Å². The van der Waals surface area contributed by atoms with Crippen LogP contribution in [0, 0.1) is 6.92 Å². The number of ether oxygens (including phenoxy) is 2. The molecule has 0 spiro atoms. The number of methoxy groups -OCH3 is 1. The molecule has 35 heavy (non-hydrogen) atoms. The summed E-state index contributed by atoms with van der Waals surface area (Å²) in [5.41, 5.74) is 2.91. The van der Waals surface area contributed by atoms with E-state index in [1.54, 1.807) is 17.9 Å². The third kappa shape index (κ3) is 6.10. The van der Waals surface area contributed by atoms with Gasteiger partial charge in [0, 0.05) is 51.6 Å². The van der Waals surface area contributed by atoms with Gasteiger partial charge in [0.1, 0.15) is 6.61 Å². The Bertz CT molecular complexity index is 974. The van der Waals surface area contributed by atoms with E-state index in [-0.39, 0.29) is 37.7 Å². The highest BCUT2D eigenvalue weighted by molar-refractivity contribution is 5.95. The molecule has 2 unspecified atom stereocenters. The van der Waals surface area contributed by atoms with E-state index in [1.807, 2.05) is 43.0 Å². The van der Waals surface area contributed by atoms with Crippen LogP contribution in [0.3, 0.4) is 0 Å². The van der Waals surface area contributed by atoms with Gasteiger partial charge in [0.15, 0.2) is 0 Å². The summed E-state index contributed by atoms with van der Waals surface area (Å²) in [6.07, 6.45) is 1.64. The van der Waals surface area contributed by atoms with Crippen LogP contribution in [-0.2, 0) is 19.1 Å². The van der Waals surface area contributed by atoms with Crippen molar-refractivity contribution in [1.82, 2.24) is 20.0 Å². The Labute approximate surface area is 207 Å². The molecule has 1 saturated heterocycles. The van der Waals surface area contributed by atoms with E-state index in [1.165, 1.54) is 7.11 Å². The predicted octanol–water partition coefficient (Wildman–Crippen LogP) is 2.24. The second-order valence-electron chi connectivity index (χ2n) is 8.88. The zero-order chi connectivity index (χ0) is 25.5. The number of rotatable bonds is 9. The minimum Gasteiger partial charge on any atom is -0.463 e. The van der Waals surface area contributed by atoms with Gasteiger partial charge in [-0.1, -0.05) is 35.9 Å². The van der Waals surface area contributed by atoms with E-state index in [0.29, 0.717) is 37.4 Å². The summed E-state index contributed by atoms with van der Waals surface area (Å²) < 4.78 is 10.5. The Morgan fingerprint density at radius 2 is 1.94 bits per heavy atom. The van der Waals surface area contributed by atoms with Crippen molar-refractivity contribution in [3.05, 3.63) is 59.3 Å². The maximum absolute atomic E-state index is 13.3. The van der Waals surface area contributed by atoms with E-state index in [4.69, 9.17) is 9.47 Å². The average Bonchev–Trinajstić information content (AvgIpc) is 2.82. The van der Waals surface area contributed by atoms with Crippen molar-refractivity contribution >= 4 is 17.9 Å². The zero-order valence-corrected chi connectivity index (χ0v) is 21.1. The van der Waals surface area contributed by atoms with Crippen LogP contribution < -0.4 is 5.32 Å². The zero-order valence-electron chi connectivity index (χ0n) is 21.1. The smallest absolute Gasteiger partial charge is 0.338 e. The molecular formula is C26H36N4O5. The maximum atomic E-state index is 13.3. The van der Waals surface area contributed by atoms with Crippen LogP contribution >= 0.6 is 0 Å². The molecule has 0 aromatic heterocycles. The van der Waals surface area contributed by atoms with Gasteiger partial charge >= 0.3 is 12.0 Å². The van der Waals surface area contributed by atoms with Gasteiger partial charge in [0.2, 0.25) is 5.91 Å². The van der Waals surface area contributed by atoms with Gasteiger partial charge in [0.05, 0.1) is 18.2 Å². The summed E-state index contributed by atoms with van der Waals surface area (Å²) in [5.74, 6) is -0.500. The van der Waals surface area contributed by atoms with Gasteiger partial charge in [-0.3, -0.25) is 14.6 Å².